The topological polar surface area (TPSA) is 34.2 Å². The minimum Gasteiger partial charge on any atom is -0.297 e. The lowest BCUT2D eigenvalue weighted by atomic mass is 9.68. The lowest BCUT2D eigenvalue weighted by Crippen LogP contribution is -2.52. The highest BCUT2D eigenvalue weighted by Crippen LogP contribution is 2.51. The van der Waals surface area contributed by atoms with Gasteiger partial charge in [0.05, 0.1) is 6.10 Å². The number of nitrogens with zero attached hydrogens (tertiary/aromatic N) is 1. The van der Waals surface area contributed by atoms with Gasteiger partial charge in [-0.25, -0.2) is 18.2 Å². The van der Waals surface area contributed by atoms with Gasteiger partial charge in [-0.2, -0.15) is 5.48 Å². The third kappa shape index (κ3) is 1.53. The molecule has 1 saturated carbocycles. The van der Waals surface area contributed by atoms with Gasteiger partial charge in [-0.3, -0.25) is 4.84 Å². The second-order valence-electron chi connectivity index (χ2n) is 4.58. The summed E-state index contributed by atoms with van der Waals surface area (Å²) in [7, 11) is 0. The highest BCUT2D eigenvalue weighted by molar-refractivity contribution is 9.10. The van der Waals surface area contributed by atoms with Crippen LogP contribution in [0.4, 0.5) is 13.2 Å². The molecule has 0 spiro atoms. The van der Waals surface area contributed by atoms with Gasteiger partial charge in [0.2, 0.25) is 0 Å². The molecule has 98 valence electrons. The van der Waals surface area contributed by atoms with Crippen LogP contribution in [0.5, 0.6) is 0 Å². The zero-order valence-electron chi connectivity index (χ0n) is 9.17. The van der Waals surface area contributed by atoms with Gasteiger partial charge in [0.1, 0.15) is 16.1 Å². The van der Waals surface area contributed by atoms with Crippen LogP contribution in [0.2, 0.25) is 0 Å². The number of aromatic nitrogens is 1. The maximum Gasteiger partial charge on any atom is 0.264 e. The van der Waals surface area contributed by atoms with E-state index in [1.54, 1.807) is 0 Å². The normalized spacial score (nSPS) is 34.5. The first-order chi connectivity index (χ1) is 8.55. The number of hydroxylamine groups is 1. The summed E-state index contributed by atoms with van der Waals surface area (Å²) in [5.74, 6) is -1.18. The molecule has 2 heterocycles. The van der Waals surface area contributed by atoms with E-state index in [9.17, 15) is 13.2 Å². The summed E-state index contributed by atoms with van der Waals surface area (Å²) in [6, 6.07) is 2.51. The van der Waals surface area contributed by atoms with Crippen LogP contribution in [-0.2, 0) is 10.4 Å². The van der Waals surface area contributed by atoms with Crippen molar-refractivity contribution in [3.8, 4) is 0 Å². The monoisotopic (exact) mass is 322 g/mol. The minimum absolute atomic E-state index is 0.279. The van der Waals surface area contributed by atoms with E-state index in [0.29, 0.717) is 17.4 Å². The van der Waals surface area contributed by atoms with Gasteiger partial charge in [-0.1, -0.05) is 0 Å². The van der Waals surface area contributed by atoms with E-state index in [1.807, 2.05) is 0 Å². The van der Waals surface area contributed by atoms with Crippen molar-refractivity contribution in [2.24, 2.45) is 5.92 Å². The number of fused-ring (bicyclic) bond motifs is 1. The SMILES string of the molecule is Fc1ccc(Br)nc1C1(C(F)F)NOC2CCC21. The van der Waals surface area contributed by atoms with Crippen LogP contribution in [0, 0.1) is 11.7 Å². The summed E-state index contributed by atoms with van der Waals surface area (Å²) in [6.07, 6.45) is -1.78. The molecule has 0 radical (unpaired) electrons. The van der Waals surface area contributed by atoms with Crippen LogP contribution >= 0.6 is 15.9 Å². The smallest absolute Gasteiger partial charge is 0.264 e. The molecule has 0 bridgehead atoms. The lowest BCUT2D eigenvalue weighted by molar-refractivity contribution is -0.0398. The van der Waals surface area contributed by atoms with Gasteiger partial charge in [-0.15, -0.1) is 0 Å². The second-order valence-corrected chi connectivity index (χ2v) is 5.39. The highest BCUT2D eigenvalue weighted by Gasteiger charge is 2.62. The van der Waals surface area contributed by atoms with E-state index >= 15 is 0 Å². The Morgan fingerprint density at radius 1 is 1.44 bits per heavy atom. The fraction of sp³-hybridized carbons (Fsp3) is 0.545. The average molecular weight is 323 g/mol. The fourth-order valence-electron chi connectivity index (χ4n) is 2.62. The minimum atomic E-state index is -2.79. The molecule has 3 rings (SSSR count). The maximum absolute atomic E-state index is 13.8. The van der Waals surface area contributed by atoms with E-state index in [-0.39, 0.29) is 11.8 Å². The van der Waals surface area contributed by atoms with Crippen LogP contribution < -0.4 is 5.48 Å². The van der Waals surface area contributed by atoms with E-state index in [1.165, 1.54) is 6.07 Å². The standard InChI is InChI=1S/C11H10BrF3N2O/c12-8-4-2-6(13)9(16-8)11(10(14)15)5-1-3-7(5)18-17-11/h2,4-5,7,10,17H,1,3H2. The van der Waals surface area contributed by atoms with Crippen molar-refractivity contribution in [3.63, 3.8) is 0 Å². The molecule has 2 aliphatic rings. The number of alkyl halides is 2. The number of rotatable bonds is 2. The second kappa shape index (κ2) is 4.18. The third-order valence-corrected chi connectivity index (χ3v) is 4.16. The molecule has 3 unspecified atom stereocenters. The molecule has 1 aromatic heterocycles. The first-order valence-corrected chi connectivity index (χ1v) is 6.38. The van der Waals surface area contributed by atoms with Crippen molar-refractivity contribution in [2.45, 2.75) is 30.9 Å². The third-order valence-electron chi connectivity index (χ3n) is 3.72. The summed E-state index contributed by atoms with van der Waals surface area (Å²) in [5.41, 5.74) is 0.227. The number of halogens is 4. The van der Waals surface area contributed by atoms with E-state index < -0.39 is 23.7 Å². The summed E-state index contributed by atoms with van der Waals surface area (Å²) < 4.78 is 41.1. The summed E-state index contributed by atoms with van der Waals surface area (Å²) in [5, 5.41) is 0. The zero-order valence-corrected chi connectivity index (χ0v) is 10.8. The lowest BCUT2D eigenvalue weighted by Gasteiger charge is -2.38. The quantitative estimate of drug-likeness (QED) is 0.850. The molecule has 0 amide bonds. The maximum atomic E-state index is 13.8. The Hall–Kier alpha value is -0.660. The van der Waals surface area contributed by atoms with Crippen LogP contribution in [0.3, 0.4) is 0 Å². The molecular weight excluding hydrogens is 313 g/mol. The predicted octanol–water partition coefficient (Wildman–Crippen LogP) is 2.76. The Kier molecular flexibility index (Phi) is 2.87. The molecule has 1 aliphatic heterocycles. The molecule has 7 heteroatoms. The van der Waals surface area contributed by atoms with Crippen molar-refractivity contribution in [2.75, 3.05) is 0 Å². The Morgan fingerprint density at radius 2 is 2.22 bits per heavy atom. The van der Waals surface area contributed by atoms with Crippen molar-refractivity contribution < 1.29 is 18.0 Å². The Labute approximate surface area is 110 Å². The first kappa shape index (κ1) is 12.4. The Bertz CT molecular complexity index is 487. The van der Waals surface area contributed by atoms with E-state index in [2.05, 4.69) is 26.4 Å². The van der Waals surface area contributed by atoms with Crippen LogP contribution in [0.15, 0.2) is 16.7 Å². The van der Waals surface area contributed by atoms with Gasteiger partial charge in [0, 0.05) is 5.92 Å². The zero-order chi connectivity index (χ0) is 12.9. The largest absolute Gasteiger partial charge is 0.297 e. The van der Waals surface area contributed by atoms with Gasteiger partial charge in [-0.05, 0) is 40.9 Å². The first-order valence-electron chi connectivity index (χ1n) is 5.59. The molecule has 0 aromatic carbocycles. The molecular formula is C11H10BrF3N2O. The summed E-state index contributed by atoms with van der Waals surface area (Å²) in [6.45, 7) is 0. The van der Waals surface area contributed by atoms with Gasteiger partial charge in [0.25, 0.3) is 6.43 Å². The van der Waals surface area contributed by atoms with Crippen LogP contribution in [0.1, 0.15) is 18.5 Å². The van der Waals surface area contributed by atoms with Crippen molar-refractivity contribution in [3.05, 3.63) is 28.2 Å². The predicted molar refractivity (Wildman–Crippen MR) is 60.3 cm³/mol. The van der Waals surface area contributed by atoms with Crippen molar-refractivity contribution in [1.29, 1.82) is 0 Å². The van der Waals surface area contributed by atoms with Crippen molar-refractivity contribution >= 4 is 15.9 Å². The van der Waals surface area contributed by atoms with Gasteiger partial charge in [0.15, 0.2) is 5.54 Å². The molecule has 1 saturated heterocycles. The molecule has 3 atom stereocenters. The summed E-state index contributed by atoms with van der Waals surface area (Å²) >= 11 is 3.08. The van der Waals surface area contributed by atoms with Crippen LogP contribution in [0.25, 0.3) is 0 Å². The Balaban J connectivity index is 2.12. The van der Waals surface area contributed by atoms with Gasteiger partial charge >= 0.3 is 0 Å². The number of nitrogens with one attached hydrogen (secondary N) is 1. The molecule has 1 aliphatic carbocycles. The summed E-state index contributed by atoms with van der Waals surface area (Å²) in [4.78, 5) is 9.01. The number of hydrogen-bond acceptors (Lipinski definition) is 3. The molecule has 18 heavy (non-hydrogen) atoms. The van der Waals surface area contributed by atoms with Crippen molar-refractivity contribution in [1.82, 2.24) is 10.5 Å². The average Bonchev–Trinajstić information content (AvgIpc) is 2.54. The Morgan fingerprint density at radius 3 is 2.78 bits per heavy atom. The molecule has 3 nitrogen and oxygen atoms in total. The molecule has 2 fully saturated rings. The van der Waals surface area contributed by atoms with Gasteiger partial charge < -0.3 is 0 Å². The molecule has 1 N–H and O–H groups in total. The number of hydrogen-bond donors (Lipinski definition) is 1. The molecule has 1 aromatic rings. The number of pyridine rings is 1. The van der Waals surface area contributed by atoms with E-state index in [4.69, 9.17) is 4.84 Å². The van der Waals surface area contributed by atoms with E-state index in [0.717, 1.165) is 6.07 Å². The highest BCUT2D eigenvalue weighted by atomic mass is 79.9. The van der Waals surface area contributed by atoms with Crippen LogP contribution in [-0.4, -0.2) is 17.5 Å². The fourth-order valence-corrected chi connectivity index (χ4v) is 2.93.